The second kappa shape index (κ2) is 9.25. The Bertz CT molecular complexity index is 1030. The lowest BCUT2D eigenvalue weighted by atomic mass is 9.96. The number of hydrogen-bond acceptors (Lipinski definition) is 1. The Balaban J connectivity index is 1.48. The van der Waals surface area contributed by atoms with Gasteiger partial charge in [0.05, 0.1) is 12.0 Å². The molecule has 3 heteroatoms. The molecule has 1 aliphatic heterocycles. The third-order valence-electron chi connectivity index (χ3n) is 5.94. The Hall–Kier alpha value is -2.94. The Labute approximate surface area is 179 Å². The Kier molecular flexibility index (Phi) is 6.27. The summed E-state index contributed by atoms with van der Waals surface area (Å²) in [5, 5.41) is 0. The number of aliphatic imine (C=N–C) groups is 1. The van der Waals surface area contributed by atoms with Gasteiger partial charge < -0.3 is 4.90 Å². The van der Waals surface area contributed by atoms with Crippen LogP contribution < -0.4 is 0 Å². The summed E-state index contributed by atoms with van der Waals surface area (Å²) in [6, 6.07) is 19.6. The molecule has 1 saturated heterocycles. The van der Waals surface area contributed by atoms with E-state index in [1.807, 2.05) is 30.6 Å². The summed E-state index contributed by atoms with van der Waals surface area (Å²) in [4.78, 5) is 7.08. The number of aryl methyl sites for hydroxylation is 2. The summed E-state index contributed by atoms with van der Waals surface area (Å²) in [6.45, 7) is 6.51. The third-order valence-corrected chi connectivity index (χ3v) is 5.94. The fraction of sp³-hybridized carbons (Fsp3) is 0.296. The van der Waals surface area contributed by atoms with Crippen LogP contribution in [0.4, 0.5) is 10.1 Å². The van der Waals surface area contributed by atoms with Crippen molar-refractivity contribution in [2.24, 2.45) is 4.99 Å². The molecule has 0 unspecified atom stereocenters. The van der Waals surface area contributed by atoms with E-state index in [0.29, 0.717) is 5.56 Å². The molecule has 2 nitrogen and oxygen atoms in total. The monoisotopic (exact) mass is 400 g/mol. The van der Waals surface area contributed by atoms with Crippen molar-refractivity contribution in [3.8, 4) is 11.1 Å². The van der Waals surface area contributed by atoms with E-state index in [0.717, 1.165) is 30.8 Å². The van der Waals surface area contributed by atoms with Crippen molar-refractivity contribution in [3.05, 3.63) is 88.7 Å². The lowest BCUT2D eigenvalue weighted by Gasteiger charge is -2.24. The number of rotatable bonds is 5. The topological polar surface area (TPSA) is 15.6 Å². The molecule has 1 fully saturated rings. The molecular formula is C27H29FN2. The first-order valence-electron chi connectivity index (χ1n) is 10.8. The zero-order valence-corrected chi connectivity index (χ0v) is 17.9. The normalized spacial score (nSPS) is 14.4. The zero-order chi connectivity index (χ0) is 20.9. The van der Waals surface area contributed by atoms with E-state index in [4.69, 9.17) is 4.99 Å². The molecule has 154 valence electrons. The highest BCUT2D eigenvalue weighted by molar-refractivity contribution is 5.65. The SMILES string of the molecule is Cc1cc(/N=C/N2CCCCC2)c(C)cc1Cc1ccc(-c2ccccc2F)cc1. The molecule has 4 rings (SSSR count). The first-order chi connectivity index (χ1) is 14.6. The van der Waals surface area contributed by atoms with Crippen molar-refractivity contribution in [2.75, 3.05) is 13.1 Å². The Morgan fingerprint density at radius 2 is 1.63 bits per heavy atom. The molecule has 0 aliphatic carbocycles. The van der Waals surface area contributed by atoms with Crippen LogP contribution in [0, 0.1) is 19.7 Å². The smallest absolute Gasteiger partial charge is 0.131 e. The molecule has 0 bridgehead atoms. The van der Waals surface area contributed by atoms with E-state index in [-0.39, 0.29) is 5.82 Å². The van der Waals surface area contributed by atoms with Crippen LogP contribution >= 0.6 is 0 Å². The highest BCUT2D eigenvalue weighted by atomic mass is 19.1. The number of piperidine rings is 1. The number of hydrogen-bond donors (Lipinski definition) is 0. The first kappa shape index (κ1) is 20.3. The molecular weight excluding hydrogens is 371 g/mol. The quantitative estimate of drug-likeness (QED) is 0.338. The average molecular weight is 401 g/mol. The molecule has 0 aromatic heterocycles. The number of likely N-dealkylation sites (tertiary alicyclic amines) is 1. The molecule has 3 aromatic rings. The van der Waals surface area contributed by atoms with Gasteiger partial charge in [-0.1, -0.05) is 48.5 Å². The first-order valence-corrected chi connectivity index (χ1v) is 10.8. The van der Waals surface area contributed by atoms with Crippen molar-refractivity contribution in [1.29, 1.82) is 0 Å². The minimum Gasteiger partial charge on any atom is -0.363 e. The minimum atomic E-state index is -0.183. The molecule has 0 N–H and O–H groups in total. The minimum absolute atomic E-state index is 0.183. The van der Waals surface area contributed by atoms with Gasteiger partial charge in [-0.3, -0.25) is 0 Å². The van der Waals surface area contributed by atoms with Gasteiger partial charge in [-0.25, -0.2) is 9.38 Å². The second-order valence-corrected chi connectivity index (χ2v) is 8.26. The fourth-order valence-corrected chi connectivity index (χ4v) is 4.09. The van der Waals surface area contributed by atoms with E-state index >= 15 is 0 Å². The van der Waals surface area contributed by atoms with Gasteiger partial charge in [-0.2, -0.15) is 0 Å². The summed E-state index contributed by atoms with van der Waals surface area (Å²) in [6.07, 6.45) is 6.73. The van der Waals surface area contributed by atoms with Crippen LogP contribution in [0.25, 0.3) is 11.1 Å². The molecule has 0 radical (unpaired) electrons. The molecule has 0 spiro atoms. The molecule has 1 heterocycles. The van der Waals surface area contributed by atoms with Crippen molar-refractivity contribution in [3.63, 3.8) is 0 Å². The lowest BCUT2D eigenvalue weighted by Crippen LogP contribution is -2.28. The number of nitrogens with zero attached hydrogens (tertiary/aromatic N) is 2. The molecule has 0 atom stereocenters. The van der Waals surface area contributed by atoms with Gasteiger partial charge in [0.2, 0.25) is 0 Å². The summed E-state index contributed by atoms with van der Waals surface area (Å²) < 4.78 is 14.0. The Morgan fingerprint density at radius 3 is 2.37 bits per heavy atom. The van der Waals surface area contributed by atoms with Gasteiger partial charge in [-0.05, 0) is 79.5 Å². The van der Waals surface area contributed by atoms with Gasteiger partial charge in [-0.15, -0.1) is 0 Å². The average Bonchev–Trinajstić information content (AvgIpc) is 2.77. The van der Waals surface area contributed by atoms with Crippen molar-refractivity contribution >= 4 is 12.0 Å². The summed E-state index contributed by atoms with van der Waals surface area (Å²) in [5.41, 5.74) is 7.59. The summed E-state index contributed by atoms with van der Waals surface area (Å²) in [5.74, 6) is -0.183. The van der Waals surface area contributed by atoms with Gasteiger partial charge >= 0.3 is 0 Å². The maximum atomic E-state index is 14.0. The van der Waals surface area contributed by atoms with Crippen molar-refractivity contribution in [1.82, 2.24) is 4.90 Å². The zero-order valence-electron chi connectivity index (χ0n) is 17.9. The van der Waals surface area contributed by atoms with E-state index < -0.39 is 0 Å². The maximum absolute atomic E-state index is 14.0. The Morgan fingerprint density at radius 1 is 0.900 bits per heavy atom. The van der Waals surface area contributed by atoms with Crippen LogP contribution in [0.5, 0.6) is 0 Å². The summed E-state index contributed by atoms with van der Waals surface area (Å²) in [7, 11) is 0. The van der Waals surface area contributed by atoms with E-state index in [1.54, 1.807) is 6.07 Å². The third kappa shape index (κ3) is 4.79. The van der Waals surface area contributed by atoms with Crippen LogP contribution in [0.15, 0.2) is 65.7 Å². The molecule has 3 aromatic carbocycles. The summed E-state index contributed by atoms with van der Waals surface area (Å²) >= 11 is 0. The number of benzene rings is 3. The van der Waals surface area contributed by atoms with E-state index in [1.165, 1.54) is 47.6 Å². The highest BCUT2D eigenvalue weighted by Crippen LogP contribution is 2.27. The van der Waals surface area contributed by atoms with Gasteiger partial charge in [0.15, 0.2) is 0 Å². The molecule has 30 heavy (non-hydrogen) atoms. The van der Waals surface area contributed by atoms with Crippen LogP contribution in [0.2, 0.25) is 0 Å². The van der Waals surface area contributed by atoms with Crippen LogP contribution in [-0.2, 0) is 6.42 Å². The van der Waals surface area contributed by atoms with Gasteiger partial charge in [0.1, 0.15) is 5.82 Å². The fourth-order valence-electron chi connectivity index (χ4n) is 4.09. The van der Waals surface area contributed by atoms with Gasteiger partial charge in [0, 0.05) is 18.7 Å². The van der Waals surface area contributed by atoms with Crippen molar-refractivity contribution in [2.45, 2.75) is 39.5 Å². The van der Waals surface area contributed by atoms with Crippen LogP contribution in [-0.4, -0.2) is 24.3 Å². The maximum Gasteiger partial charge on any atom is 0.131 e. The van der Waals surface area contributed by atoms with E-state index in [2.05, 4.69) is 43.0 Å². The predicted octanol–water partition coefficient (Wildman–Crippen LogP) is 6.85. The molecule has 0 saturated carbocycles. The largest absolute Gasteiger partial charge is 0.363 e. The standard InChI is InChI=1S/C27H29FN2/c1-20-17-27(29-19-30-14-6-3-7-15-30)21(2)16-24(20)18-22-10-12-23(13-11-22)25-8-4-5-9-26(25)28/h4-5,8-13,16-17,19H,3,6-7,14-15,18H2,1-2H3/b29-19+. The molecule has 1 aliphatic rings. The van der Waals surface area contributed by atoms with Crippen LogP contribution in [0.3, 0.4) is 0 Å². The van der Waals surface area contributed by atoms with Gasteiger partial charge in [0.25, 0.3) is 0 Å². The number of halogens is 1. The second-order valence-electron chi connectivity index (χ2n) is 8.26. The van der Waals surface area contributed by atoms with Crippen LogP contribution in [0.1, 0.15) is 41.5 Å². The van der Waals surface area contributed by atoms with Crippen molar-refractivity contribution < 1.29 is 4.39 Å². The predicted molar refractivity (Wildman–Crippen MR) is 124 cm³/mol. The van der Waals surface area contributed by atoms with E-state index in [9.17, 15) is 4.39 Å². The highest BCUT2D eigenvalue weighted by Gasteiger charge is 2.09. The lowest BCUT2D eigenvalue weighted by molar-refractivity contribution is 0.351. The molecule has 0 amide bonds.